The first-order valence-electron chi connectivity index (χ1n) is 12.5. The summed E-state index contributed by atoms with van der Waals surface area (Å²) >= 11 is 2.82. The molecule has 37 heavy (non-hydrogen) atoms. The van der Waals surface area contributed by atoms with Crippen LogP contribution in [0.4, 0.5) is 0 Å². The van der Waals surface area contributed by atoms with Crippen LogP contribution in [0.2, 0.25) is 0 Å². The summed E-state index contributed by atoms with van der Waals surface area (Å²) < 4.78 is 6.43. The Kier molecular flexibility index (Phi) is 5.10. The smallest absolute Gasteiger partial charge is 0.305 e. The Hall–Kier alpha value is -3.11. The van der Waals surface area contributed by atoms with Gasteiger partial charge in [0.2, 0.25) is 11.8 Å². The summed E-state index contributed by atoms with van der Waals surface area (Å²) in [6, 6.07) is 12.1. The zero-order chi connectivity index (χ0) is 25.6. The van der Waals surface area contributed by atoms with Gasteiger partial charge in [0.25, 0.3) is 0 Å². The fraction of sp³-hybridized carbons (Fsp3) is 0.407. The summed E-state index contributed by atoms with van der Waals surface area (Å²) in [7, 11) is 0. The molecular weight excluding hydrogens is 512 g/mol. The Morgan fingerprint density at radius 2 is 1.81 bits per heavy atom. The number of carbonyl (C=O) groups is 3. The number of hydrogen-bond acceptors (Lipinski definition) is 7. The molecule has 0 spiro atoms. The van der Waals surface area contributed by atoms with Crippen LogP contribution in [-0.4, -0.2) is 44.6 Å². The number of fused-ring (bicyclic) bond motifs is 9. The van der Waals surface area contributed by atoms with Crippen LogP contribution >= 0.6 is 23.1 Å². The van der Waals surface area contributed by atoms with Crippen LogP contribution in [0.1, 0.15) is 35.0 Å². The summed E-state index contributed by atoms with van der Waals surface area (Å²) in [5, 5.41) is 10.0. The molecule has 2 aliphatic carbocycles. The number of imide groups is 1. The SMILES string of the molecule is Cc1ccc(-c2ccc([C@@H]3c4sc(=O)[nH]c4S[C@H]4[C@@H]5C[C@H]([C@H]6C(=O)N(CCC(=O)O)C(=O)[C@H]56)[C@H]34)o2)cc1. The molecule has 2 saturated carbocycles. The molecule has 10 heteroatoms. The number of carboxylic acid groups (broad SMARTS) is 1. The van der Waals surface area contributed by atoms with E-state index < -0.39 is 17.8 Å². The number of thiazole rings is 1. The van der Waals surface area contributed by atoms with Gasteiger partial charge in [0.05, 0.1) is 34.1 Å². The number of aromatic nitrogens is 1. The number of aryl methyl sites for hydroxylation is 1. The van der Waals surface area contributed by atoms with Crippen LogP contribution in [-0.2, 0) is 14.4 Å². The van der Waals surface area contributed by atoms with Gasteiger partial charge in [0.15, 0.2) is 0 Å². The largest absolute Gasteiger partial charge is 0.481 e. The maximum atomic E-state index is 13.4. The number of benzene rings is 1. The molecule has 190 valence electrons. The molecule has 4 heterocycles. The van der Waals surface area contributed by atoms with E-state index in [0.717, 1.165) is 39.0 Å². The van der Waals surface area contributed by atoms with Crippen molar-refractivity contribution in [2.45, 2.75) is 36.0 Å². The van der Waals surface area contributed by atoms with Crippen LogP contribution in [0.25, 0.3) is 11.3 Å². The van der Waals surface area contributed by atoms with E-state index in [2.05, 4.69) is 4.98 Å². The zero-order valence-corrected chi connectivity index (χ0v) is 21.5. The highest BCUT2D eigenvalue weighted by molar-refractivity contribution is 8.00. The van der Waals surface area contributed by atoms with Crippen molar-refractivity contribution >= 4 is 40.9 Å². The number of H-pyrrole nitrogens is 1. The number of carbonyl (C=O) groups excluding carboxylic acids is 2. The lowest BCUT2D eigenvalue weighted by Gasteiger charge is -2.42. The minimum atomic E-state index is -1.03. The van der Waals surface area contributed by atoms with Crippen molar-refractivity contribution in [1.82, 2.24) is 9.88 Å². The average molecular weight is 537 g/mol. The molecule has 2 N–H and O–H groups in total. The predicted molar refractivity (Wildman–Crippen MR) is 136 cm³/mol. The number of carboxylic acids is 1. The average Bonchev–Trinajstić information content (AvgIpc) is 3.66. The second-order valence-electron chi connectivity index (χ2n) is 10.5. The van der Waals surface area contributed by atoms with Gasteiger partial charge in [-0.05, 0) is 43.2 Å². The lowest BCUT2D eigenvalue weighted by atomic mass is 9.69. The van der Waals surface area contributed by atoms with E-state index in [0.29, 0.717) is 0 Å². The fourth-order valence-electron chi connectivity index (χ4n) is 7.22. The summed E-state index contributed by atoms with van der Waals surface area (Å²) in [6.45, 7) is 1.96. The van der Waals surface area contributed by atoms with Crippen molar-refractivity contribution < 1.29 is 23.9 Å². The molecule has 2 amide bonds. The summed E-state index contributed by atoms with van der Waals surface area (Å²) in [4.78, 5) is 55.2. The van der Waals surface area contributed by atoms with Crippen molar-refractivity contribution in [1.29, 1.82) is 0 Å². The second-order valence-corrected chi connectivity index (χ2v) is 12.7. The maximum absolute atomic E-state index is 13.4. The third-order valence-electron chi connectivity index (χ3n) is 8.63. The van der Waals surface area contributed by atoms with Crippen LogP contribution in [0.5, 0.6) is 0 Å². The van der Waals surface area contributed by atoms with Gasteiger partial charge in [0, 0.05) is 17.4 Å². The van der Waals surface area contributed by atoms with Gasteiger partial charge < -0.3 is 14.5 Å². The van der Waals surface area contributed by atoms with Crippen LogP contribution in [0, 0.1) is 36.5 Å². The molecule has 2 bridgehead atoms. The Balaban J connectivity index is 1.28. The Bertz CT molecular complexity index is 1500. The van der Waals surface area contributed by atoms with Gasteiger partial charge in [-0.1, -0.05) is 41.2 Å². The third kappa shape index (κ3) is 3.34. The van der Waals surface area contributed by atoms with E-state index >= 15 is 0 Å². The first kappa shape index (κ1) is 23.0. The fourth-order valence-corrected chi connectivity index (χ4v) is 10.1. The number of hydrogen-bond donors (Lipinski definition) is 2. The van der Waals surface area contributed by atoms with Gasteiger partial charge in [-0.2, -0.15) is 0 Å². The quantitative estimate of drug-likeness (QED) is 0.474. The number of nitrogens with one attached hydrogen (secondary N) is 1. The van der Waals surface area contributed by atoms with Gasteiger partial charge >= 0.3 is 10.8 Å². The molecule has 1 saturated heterocycles. The van der Waals surface area contributed by atoms with E-state index in [4.69, 9.17) is 9.52 Å². The molecular formula is C27H24N2O6S2. The summed E-state index contributed by atoms with van der Waals surface area (Å²) in [6.07, 6.45) is 0.534. The number of likely N-dealkylation sites (tertiary alicyclic amines) is 1. The number of thioether (sulfide) groups is 1. The molecule has 0 unspecified atom stereocenters. The molecule has 2 aromatic heterocycles. The summed E-state index contributed by atoms with van der Waals surface area (Å²) in [5.41, 5.74) is 2.13. The lowest BCUT2D eigenvalue weighted by Crippen LogP contribution is -2.42. The van der Waals surface area contributed by atoms with E-state index in [1.54, 1.807) is 11.8 Å². The molecule has 7 atom stereocenters. The number of rotatable bonds is 5. The van der Waals surface area contributed by atoms with E-state index in [-0.39, 0.29) is 58.6 Å². The Morgan fingerprint density at radius 1 is 1.08 bits per heavy atom. The van der Waals surface area contributed by atoms with Crippen LogP contribution in [0.3, 0.4) is 0 Å². The molecule has 1 aromatic carbocycles. The number of aromatic amines is 1. The number of amides is 2. The van der Waals surface area contributed by atoms with Gasteiger partial charge in [-0.3, -0.25) is 24.1 Å². The molecule has 3 fully saturated rings. The van der Waals surface area contributed by atoms with Crippen molar-refractivity contribution in [3.63, 3.8) is 0 Å². The first-order chi connectivity index (χ1) is 17.8. The molecule has 0 radical (unpaired) electrons. The van der Waals surface area contributed by atoms with E-state index in [9.17, 15) is 19.2 Å². The van der Waals surface area contributed by atoms with Crippen molar-refractivity contribution in [2.24, 2.45) is 29.6 Å². The van der Waals surface area contributed by atoms with Crippen LogP contribution in [0.15, 0.2) is 50.6 Å². The molecule has 2 aliphatic heterocycles. The predicted octanol–water partition coefficient (Wildman–Crippen LogP) is 3.95. The maximum Gasteiger partial charge on any atom is 0.305 e. The van der Waals surface area contributed by atoms with Gasteiger partial charge in [-0.15, -0.1) is 11.8 Å². The minimum absolute atomic E-state index is 0.00172. The van der Waals surface area contributed by atoms with E-state index in [1.807, 2.05) is 43.3 Å². The van der Waals surface area contributed by atoms with Crippen LogP contribution < -0.4 is 4.87 Å². The minimum Gasteiger partial charge on any atom is -0.481 e. The highest BCUT2D eigenvalue weighted by Gasteiger charge is 2.69. The molecule has 3 aromatic rings. The first-order valence-corrected chi connectivity index (χ1v) is 14.1. The van der Waals surface area contributed by atoms with Crippen molar-refractivity contribution in [2.75, 3.05) is 6.54 Å². The number of aliphatic carboxylic acids is 1. The number of nitrogens with zero attached hydrogens (tertiary/aromatic N) is 1. The monoisotopic (exact) mass is 536 g/mol. The molecule has 4 aliphatic rings. The van der Waals surface area contributed by atoms with Crippen molar-refractivity contribution in [3.05, 3.63) is 62.3 Å². The highest BCUT2D eigenvalue weighted by Crippen LogP contribution is 2.68. The zero-order valence-electron chi connectivity index (χ0n) is 19.9. The van der Waals surface area contributed by atoms with Gasteiger partial charge in [-0.25, -0.2) is 0 Å². The summed E-state index contributed by atoms with van der Waals surface area (Å²) in [5.74, 6) is -0.980. The molecule has 8 nitrogen and oxygen atoms in total. The second kappa shape index (κ2) is 8.19. The normalized spacial score (nSPS) is 31.5. The Morgan fingerprint density at radius 3 is 2.54 bits per heavy atom. The topological polar surface area (TPSA) is 121 Å². The van der Waals surface area contributed by atoms with Gasteiger partial charge in [0.1, 0.15) is 11.5 Å². The lowest BCUT2D eigenvalue weighted by molar-refractivity contribution is -0.142. The van der Waals surface area contributed by atoms with E-state index in [1.165, 1.54) is 16.2 Å². The third-order valence-corrected chi connectivity index (χ3v) is 11.2. The van der Waals surface area contributed by atoms with Crippen molar-refractivity contribution in [3.8, 4) is 11.3 Å². The Labute approximate surface area is 220 Å². The molecule has 7 rings (SSSR count). The highest BCUT2D eigenvalue weighted by atomic mass is 32.2. The number of furan rings is 1. The standard InChI is InChI=1S/C27H24N2O6S2/c1-11-2-4-12(5-3-11)15-6-7-16(35-15)21-18-13-10-14(22(18)36-24-23(21)37-27(34)28-24)20-19(13)25(32)29(26(20)33)9-8-17(30)31/h2-7,13-14,18-22H,8-10H2,1H3,(H,28,34)(H,30,31)/t13-,14+,18+,19+,20+,21-,22-/m0/s1.